The van der Waals surface area contributed by atoms with E-state index in [1.165, 1.54) is 0 Å². The van der Waals surface area contributed by atoms with Gasteiger partial charge in [-0.25, -0.2) is 0 Å². The van der Waals surface area contributed by atoms with Crippen LogP contribution in [0.3, 0.4) is 0 Å². The van der Waals surface area contributed by atoms with Gasteiger partial charge in [-0.2, -0.15) is 0 Å². The van der Waals surface area contributed by atoms with Crippen LogP contribution in [0.5, 0.6) is 0 Å². The third-order valence-corrected chi connectivity index (χ3v) is 1.48. The molecular weight excluding hydrogens is 138 g/mol. The van der Waals surface area contributed by atoms with E-state index in [0.717, 1.165) is 19.6 Å². The Bertz CT molecular complexity index is 64.5. The van der Waals surface area contributed by atoms with Crippen molar-refractivity contribution in [1.82, 2.24) is 0 Å². The molecule has 2 nitrogen and oxygen atoms in total. The molecule has 0 bridgehead atoms. The minimum absolute atomic E-state index is 0.0417. The summed E-state index contributed by atoms with van der Waals surface area (Å²) in [4.78, 5) is 0. The Morgan fingerprint density at radius 2 is 1.55 bits per heavy atom. The minimum Gasteiger partial charge on any atom is -0.377 e. The van der Waals surface area contributed by atoms with E-state index >= 15 is 0 Å². The van der Waals surface area contributed by atoms with Crippen molar-refractivity contribution < 1.29 is 4.74 Å². The van der Waals surface area contributed by atoms with Crippen LogP contribution in [0.15, 0.2) is 0 Å². The molecule has 0 aromatic heterocycles. The molecule has 0 amide bonds. The number of hydrogen-bond acceptors (Lipinski definition) is 2. The molecule has 0 unspecified atom stereocenters. The lowest BCUT2D eigenvalue weighted by atomic mass is 9.96. The van der Waals surface area contributed by atoms with Gasteiger partial charge in [0.1, 0.15) is 0 Å². The predicted molar refractivity (Wildman–Crippen MR) is 50.7 cm³/mol. The summed E-state index contributed by atoms with van der Waals surface area (Å²) in [7, 11) is 0. The zero-order valence-electron chi connectivity index (χ0n) is 8.61. The lowest BCUT2D eigenvalue weighted by molar-refractivity contribution is -0.0549. The van der Waals surface area contributed by atoms with Crippen LogP contribution >= 0.6 is 0 Å². The molecule has 0 aliphatic carbocycles. The zero-order chi connectivity index (χ0) is 9.33. The number of rotatable bonds is 1. The molecular formula is C9H23NO. The third kappa shape index (κ3) is 5.22. The van der Waals surface area contributed by atoms with Crippen LogP contribution < -0.4 is 5.73 Å². The van der Waals surface area contributed by atoms with Crippen molar-refractivity contribution in [1.29, 1.82) is 0 Å². The van der Waals surface area contributed by atoms with Crippen molar-refractivity contribution in [3.05, 3.63) is 0 Å². The molecule has 0 spiro atoms. The van der Waals surface area contributed by atoms with Crippen molar-refractivity contribution >= 4 is 0 Å². The first-order valence-electron chi connectivity index (χ1n) is 4.63. The molecule has 2 N–H and O–H groups in total. The standard InChI is InChI=1S/C5H11NO.2C2H6/c1-2-5(6)3-7-4-5;2*1-2/h2-4,6H2,1H3;2*1-2H3. The normalized spacial score (nSPS) is 18.0. The highest BCUT2D eigenvalue weighted by atomic mass is 16.5. The highest BCUT2D eigenvalue weighted by molar-refractivity contribution is 4.88. The van der Waals surface area contributed by atoms with Crippen LogP contribution in [0.2, 0.25) is 0 Å². The summed E-state index contributed by atoms with van der Waals surface area (Å²) >= 11 is 0. The largest absolute Gasteiger partial charge is 0.377 e. The average molecular weight is 161 g/mol. The van der Waals surface area contributed by atoms with Gasteiger partial charge >= 0.3 is 0 Å². The molecule has 0 saturated carbocycles. The van der Waals surface area contributed by atoms with E-state index in [2.05, 4.69) is 6.92 Å². The molecule has 2 heteroatoms. The summed E-state index contributed by atoms with van der Waals surface area (Å²) in [5.74, 6) is 0. The van der Waals surface area contributed by atoms with Crippen molar-refractivity contribution in [3.8, 4) is 0 Å². The number of ether oxygens (including phenoxy) is 1. The summed E-state index contributed by atoms with van der Waals surface area (Å²) < 4.78 is 4.90. The van der Waals surface area contributed by atoms with E-state index in [1.54, 1.807) is 0 Å². The Kier molecular flexibility index (Phi) is 9.85. The van der Waals surface area contributed by atoms with Gasteiger partial charge in [-0.3, -0.25) is 0 Å². The summed E-state index contributed by atoms with van der Waals surface area (Å²) in [6.45, 7) is 11.6. The fourth-order valence-electron chi connectivity index (χ4n) is 0.568. The molecule has 70 valence electrons. The van der Waals surface area contributed by atoms with E-state index < -0.39 is 0 Å². The van der Waals surface area contributed by atoms with Gasteiger partial charge in [-0.1, -0.05) is 34.6 Å². The minimum atomic E-state index is 0.0417. The Labute approximate surface area is 71.1 Å². The van der Waals surface area contributed by atoms with Crippen LogP contribution in [0.4, 0.5) is 0 Å². The summed E-state index contributed by atoms with van der Waals surface area (Å²) in [6.07, 6.45) is 1.03. The van der Waals surface area contributed by atoms with Crippen molar-refractivity contribution in [2.75, 3.05) is 13.2 Å². The van der Waals surface area contributed by atoms with E-state index in [4.69, 9.17) is 10.5 Å². The van der Waals surface area contributed by atoms with Crippen LogP contribution in [-0.2, 0) is 4.74 Å². The SMILES string of the molecule is CC.CC.CCC1(N)COC1. The molecule has 0 atom stereocenters. The molecule has 0 aromatic rings. The molecule has 1 fully saturated rings. The van der Waals surface area contributed by atoms with E-state index in [9.17, 15) is 0 Å². The van der Waals surface area contributed by atoms with Crippen LogP contribution in [-0.4, -0.2) is 18.8 Å². The first-order valence-corrected chi connectivity index (χ1v) is 4.63. The van der Waals surface area contributed by atoms with Crippen LogP contribution in [0.1, 0.15) is 41.0 Å². The molecule has 1 heterocycles. The predicted octanol–water partition coefficient (Wildman–Crippen LogP) is 2.18. The van der Waals surface area contributed by atoms with E-state index in [0.29, 0.717) is 0 Å². The fraction of sp³-hybridized carbons (Fsp3) is 1.00. The highest BCUT2D eigenvalue weighted by Crippen LogP contribution is 2.15. The molecule has 0 aromatic carbocycles. The van der Waals surface area contributed by atoms with Crippen molar-refractivity contribution in [2.24, 2.45) is 5.73 Å². The van der Waals surface area contributed by atoms with Gasteiger partial charge in [0.05, 0.1) is 18.8 Å². The first kappa shape index (κ1) is 13.5. The van der Waals surface area contributed by atoms with Crippen LogP contribution in [0.25, 0.3) is 0 Å². The Morgan fingerprint density at radius 1 is 1.18 bits per heavy atom. The number of nitrogens with two attached hydrogens (primary N) is 1. The maximum Gasteiger partial charge on any atom is 0.0669 e. The Morgan fingerprint density at radius 3 is 1.55 bits per heavy atom. The quantitative estimate of drug-likeness (QED) is 0.639. The second-order valence-corrected chi connectivity index (χ2v) is 2.21. The van der Waals surface area contributed by atoms with Gasteiger partial charge < -0.3 is 10.5 Å². The van der Waals surface area contributed by atoms with E-state index in [-0.39, 0.29) is 5.54 Å². The topological polar surface area (TPSA) is 35.2 Å². The van der Waals surface area contributed by atoms with Crippen molar-refractivity contribution in [2.45, 2.75) is 46.6 Å². The highest BCUT2D eigenvalue weighted by Gasteiger charge is 2.31. The molecule has 1 aliphatic heterocycles. The van der Waals surface area contributed by atoms with Crippen LogP contribution in [0, 0.1) is 0 Å². The average Bonchev–Trinajstić information content (AvgIpc) is 2.08. The first-order chi connectivity index (χ1) is 5.27. The lowest BCUT2D eigenvalue weighted by Gasteiger charge is -2.36. The maximum absolute atomic E-state index is 5.68. The molecule has 1 saturated heterocycles. The molecule has 11 heavy (non-hydrogen) atoms. The monoisotopic (exact) mass is 161 g/mol. The van der Waals surface area contributed by atoms with Gasteiger partial charge in [0.25, 0.3) is 0 Å². The molecule has 1 aliphatic rings. The van der Waals surface area contributed by atoms with Gasteiger partial charge in [0.15, 0.2) is 0 Å². The molecule has 1 rings (SSSR count). The smallest absolute Gasteiger partial charge is 0.0669 e. The second kappa shape index (κ2) is 8.02. The van der Waals surface area contributed by atoms with Gasteiger partial charge in [0, 0.05) is 0 Å². The summed E-state index contributed by atoms with van der Waals surface area (Å²) in [5.41, 5.74) is 5.72. The maximum atomic E-state index is 5.68. The van der Waals surface area contributed by atoms with Gasteiger partial charge in [-0.05, 0) is 6.42 Å². The zero-order valence-corrected chi connectivity index (χ0v) is 8.61. The molecule has 0 radical (unpaired) electrons. The lowest BCUT2D eigenvalue weighted by Crippen LogP contribution is -2.56. The number of hydrogen-bond donors (Lipinski definition) is 1. The van der Waals surface area contributed by atoms with E-state index in [1.807, 2.05) is 27.7 Å². The van der Waals surface area contributed by atoms with Crippen molar-refractivity contribution in [3.63, 3.8) is 0 Å². The van der Waals surface area contributed by atoms with Gasteiger partial charge in [-0.15, -0.1) is 0 Å². The fourth-order valence-corrected chi connectivity index (χ4v) is 0.568. The summed E-state index contributed by atoms with van der Waals surface area (Å²) in [5, 5.41) is 0. The third-order valence-electron chi connectivity index (χ3n) is 1.48. The van der Waals surface area contributed by atoms with Gasteiger partial charge in [0.2, 0.25) is 0 Å². The Balaban J connectivity index is 0. The Hall–Kier alpha value is -0.0800. The summed E-state index contributed by atoms with van der Waals surface area (Å²) in [6, 6.07) is 0. The second-order valence-electron chi connectivity index (χ2n) is 2.21.